The van der Waals surface area contributed by atoms with Gasteiger partial charge in [0.25, 0.3) is 0 Å². The molecular weight excluding hydrogens is 434 g/mol. The average molecular weight is 460 g/mol. The highest BCUT2D eigenvalue weighted by Crippen LogP contribution is 2.28. The molecule has 0 saturated carbocycles. The highest BCUT2D eigenvalue weighted by Gasteiger charge is 2.27. The fraction of sp³-hybridized carbons (Fsp3) is 0.200. The third-order valence-electron chi connectivity index (χ3n) is 5.83. The fourth-order valence-corrected chi connectivity index (χ4v) is 5.41. The van der Waals surface area contributed by atoms with Crippen LogP contribution < -0.4 is 5.32 Å². The fourth-order valence-electron chi connectivity index (χ4n) is 3.94. The summed E-state index contributed by atoms with van der Waals surface area (Å²) in [6.07, 6.45) is 0. The van der Waals surface area contributed by atoms with E-state index in [1.54, 1.807) is 22.5 Å². The van der Waals surface area contributed by atoms with Gasteiger partial charge in [-0.15, -0.1) is 0 Å². The number of benzene rings is 3. The zero-order valence-electron chi connectivity index (χ0n) is 18.3. The number of nitrogens with zero attached hydrogens (tertiary/aromatic N) is 4. The van der Waals surface area contributed by atoms with E-state index in [1.807, 2.05) is 67.7 Å². The Labute approximate surface area is 193 Å². The van der Waals surface area contributed by atoms with Gasteiger partial charge in [-0.1, -0.05) is 48.5 Å². The van der Waals surface area contributed by atoms with Crippen LogP contribution in [0.5, 0.6) is 0 Å². The first-order valence-electron chi connectivity index (χ1n) is 10.9. The molecule has 168 valence electrons. The van der Waals surface area contributed by atoms with E-state index in [2.05, 4.69) is 10.2 Å². The predicted molar refractivity (Wildman–Crippen MR) is 131 cm³/mol. The lowest BCUT2D eigenvalue weighted by Crippen LogP contribution is -2.47. The van der Waals surface area contributed by atoms with Gasteiger partial charge in [0, 0.05) is 42.8 Å². The van der Waals surface area contributed by atoms with Crippen LogP contribution in [0.15, 0.2) is 83.8 Å². The second-order valence-electron chi connectivity index (χ2n) is 8.14. The van der Waals surface area contributed by atoms with Gasteiger partial charge >= 0.3 is 0 Å². The molecule has 1 fully saturated rings. The Hall–Kier alpha value is -3.33. The van der Waals surface area contributed by atoms with Crippen molar-refractivity contribution in [1.29, 1.82) is 0 Å². The topological polar surface area (TPSA) is 78.4 Å². The molecule has 1 aliphatic rings. The van der Waals surface area contributed by atoms with E-state index in [9.17, 15) is 8.42 Å². The van der Waals surface area contributed by atoms with Gasteiger partial charge in [0.2, 0.25) is 10.0 Å². The number of sulfonamides is 1. The van der Waals surface area contributed by atoms with Gasteiger partial charge in [0.05, 0.1) is 10.4 Å². The highest BCUT2D eigenvalue weighted by atomic mass is 32.2. The summed E-state index contributed by atoms with van der Waals surface area (Å²) in [4.78, 5) is 11.9. The van der Waals surface area contributed by atoms with Crippen molar-refractivity contribution < 1.29 is 8.42 Å². The Morgan fingerprint density at radius 1 is 0.818 bits per heavy atom. The van der Waals surface area contributed by atoms with Crippen LogP contribution >= 0.6 is 0 Å². The molecule has 5 rings (SSSR count). The number of nitrogens with one attached hydrogen (secondary N) is 1. The molecule has 1 aromatic heterocycles. The number of hydrogen-bond acceptors (Lipinski definition) is 6. The molecule has 2 heterocycles. The van der Waals surface area contributed by atoms with Crippen molar-refractivity contribution in [1.82, 2.24) is 19.2 Å². The summed E-state index contributed by atoms with van der Waals surface area (Å²) in [6, 6.07) is 24.5. The standard InChI is InChI=1S/C25H25N5O2S/c1-29-14-16-30(17-15-29)33(31,32)21-11-7-10-20(18-21)26-25-22-12-5-6-13-23(22)27-24(28-25)19-8-3-2-4-9-19/h2-13,18H,14-17H2,1H3,(H,26,27,28). The van der Waals surface area contributed by atoms with E-state index in [4.69, 9.17) is 9.97 Å². The monoisotopic (exact) mass is 459 g/mol. The molecule has 33 heavy (non-hydrogen) atoms. The number of hydrogen-bond donors (Lipinski definition) is 1. The van der Waals surface area contributed by atoms with E-state index >= 15 is 0 Å². The Morgan fingerprint density at radius 3 is 2.33 bits per heavy atom. The van der Waals surface area contributed by atoms with Crippen molar-refractivity contribution in [3.63, 3.8) is 0 Å². The van der Waals surface area contributed by atoms with Crippen LogP contribution in [0, 0.1) is 0 Å². The molecule has 3 aromatic carbocycles. The maximum Gasteiger partial charge on any atom is 0.243 e. The highest BCUT2D eigenvalue weighted by molar-refractivity contribution is 7.89. The Kier molecular flexibility index (Phi) is 5.80. The number of rotatable bonds is 5. The van der Waals surface area contributed by atoms with Crippen LogP contribution in [-0.4, -0.2) is 60.8 Å². The van der Waals surface area contributed by atoms with Crippen molar-refractivity contribution in [2.45, 2.75) is 4.90 Å². The minimum Gasteiger partial charge on any atom is -0.340 e. The van der Waals surface area contributed by atoms with Crippen molar-refractivity contribution in [3.8, 4) is 11.4 Å². The summed E-state index contributed by atoms with van der Waals surface area (Å²) in [7, 11) is -1.56. The van der Waals surface area contributed by atoms with Crippen LogP contribution in [0.3, 0.4) is 0 Å². The molecule has 0 atom stereocenters. The van der Waals surface area contributed by atoms with Crippen LogP contribution in [0.1, 0.15) is 0 Å². The third-order valence-corrected chi connectivity index (χ3v) is 7.73. The first kappa shape index (κ1) is 21.5. The summed E-state index contributed by atoms with van der Waals surface area (Å²) >= 11 is 0. The number of likely N-dealkylation sites (N-methyl/N-ethyl adjacent to an activating group) is 1. The normalized spacial score (nSPS) is 15.5. The SMILES string of the molecule is CN1CCN(S(=O)(=O)c2cccc(Nc3nc(-c4ccccc4)nc4ccccc34)c2)CC1. The molecule has 0 spiro atoms. The van der Waals surface area contributed by atoms with E-state index in [1.165, 1.54) is 0 Å². The third kappa shape index (κ3) is 4.45. The zero-order chi connectivity index (χ0) is 22.8. The maximum atomic E-state index is 13.2. The average Bonchev–Trinajstić information content (AvgIpc) is 2.85. The lowest BCUT2D eigenvalue weighted by atomic mass is 10.2. The van der Waals surface area contributed by atoms with Crippen LogP contribution in [0.25, 0.3) is 22.3 Å². The van der Waals surface area contributed by atoms with Gasteiger partial charge in [-0.25, -0.2) is 18.4 Å². The van der Waals surface area contributed by atoms with E-state index in [-0.39, 0.29) is 4.90 Å². The zero-order valence-corrected chi connectivity index (χ0v) is 19.2. The maximum absolute atomic E-state index is 13.2. The van der Waals surface area contributed by atoms with Crippen molar-refractivity contribution in [2.75, 3.05) is 38.5 Å². The summed E-state index contributed by atoms with van der Waals surface area (Å²) in [5.74, 6) is 1.24. The van der Waals surface area contributed by atoms with E-state index in [0.29, 0.717) is 30.4 Å². The smallest absolute Gasteiger partial charge is 0.243 e. The lowest BCUT2D eigenvalue weighted by molar-refractivity contribution is 0.222. The Bertz CT molecular complexity index is 1380. The summed E-state index contributed by atoms with van der Waals surface area (Å²) in [5.41, 5.74) is 2.39. The molecule has 0 bridgehead atoms. The quantitative estimate of drug-likeness (QED) is 0.486. The molecule has 8 heteroatoms. The molecule has 4 aromatic rings. The molecule has 0 unspecified atom stereocenters. The lowest BCUT2D eigenvalue weighted by Gasteiger charge is -2.31. The first-order valence-corrected chi connectivity index (χ1v) is 12.3. The molecule has 0 amide bonds. The van der Waals surface area contributed by atoms with Crippen molar-refractivity contribution >= 4 is 32.4 Å². The van der Waals surface area contributed by atoms with Crippen molar-refractivity contribution in [3.05, 3.63) is 78.9 Å². The predicted octanol–water partition coefficient (Wildman–Crippen LogP) is 3.98. The Balaban J connectivity index is 1.50. The number of aromatic nitrogens is 2. The molecule has 1 N–H and O–H groups in total. The van der Waals surface area contributed by atoms with Crippen molar-refractivity contribution in [2.24, 2.45) is 0 Å². The minimum atomic E-state index is -3.56. The Morgan fingerprint density at radius 2 is 1.55 bits per heavy atom. The van der Waals surface area contributed by atoms with E-state index < -0.39 is 10.0 Å². The van der Waals surface area contributed by atoms with E-state index in [0.717, 1.165) is 29.6 Å². The molecule has 1 aliphatic heterocycles. The molecule has 0 aliphatic carbocycles. The van der Waals surface area contributed by atoms with Gasteiger partial charge in [-0.3, -0.25) is 0 Å². The number of piperazine rings is 1. The van der Waals surface area contributed by atoms with Crippen LogP contribution in [-0.2, 0) is 10.0 Å². The van der Waals surface area contributed by atoms with Crippen LogP contribution in [0.2, 0.25) is 0 Å². The second-order valence-corrected chi connectivity index (χ2v) is 10.1. The van der Waals surface area contributed by atoms with Gasteiger partial charge in [0.1, 0.15) is 5.82 Å². The summed E-state index contributed by atoms with van der Waals surface area (Å²) in [6.45, 7) is 2.44. The summed E-state index contributed by atoms with van der Waals surface area (Å²) in [5, 5.41) is 4.20. The largest absolute Gasteiger partial charge is 0.340 e. The molecule has 0 radical (unpaired) electrons. The van der Waals surface area contributed by atoms with Gasteiger partial charge in [-0.2, -0.15) is 4.31 Å². The van der Waals surface area contributed by atoms with Gasteiger partial charge in [-0.05, 0) is 37.4 Å². The molecule has 1 saturated heterocycles. The second kappa shape index (κ2) is 8.90. The first-order chi connectivity index (χ1) is 16.0. The number of para-hydroxylation sites is 1. The summed E-state index contributed by atoms with van der Waals surface area (Å²) < 4.78 is 28.0. The van der Waals surface area contributed by atoms with Gasteiger partial charge in [0.15, 0.2) is 5.82 Å². The minimum absolute atomic E-state index is 0.277. The molecular formula is C25H25N5O2S. The number of fused-ring (bicyclic) bond motifs is 1. The van der Waals surface area contributed by atoms with Gasteiger partial charge < -0.3 is 10.2 Å². The molecule has 7 nitrogen and oxygen atoms in total. The van der Waals surface area contributed by atoms with Crippen LogP contribution in [0.4, 0.5) is 11.5 Å². The number of anilines is 2.